The van der Waals surface area contributed by atoms with Gasteiger partial charge in [0.2, 0.25) is 0 Å². The average molecular weight is 315 g/mol. The van der Waals surface area contributed by atoms with E-state index in [1.165, 1.54) is 30.0 Å². The van der Waals surface area contributed by atoms with Crippen molar-refractivity contribution in [2.45, 2.75) is 17.4 Å². The normalized spacial score (nSPS) is 12.4. The Morgan fingerprint density at radius 3 is 2.55 bits per heavy atom. The summed E-state index contributed by atoms with van der Waals surface area (Å²) >= 11 is 6.93. The third-order valence-electron chi connectivity index (χ3n) is 2.72. The van der Waals surface area contributed by atoms with Crippen molar-refractivity contribution < 1.29 is 13.9 Å². The standard InChI is InChI=1S/C15H13ClF2OS/c16-12-8-10(5-6-13(12)17)7-11(19)9-20-15-4-2-1-3-14(15)18/h1-6,8,11,19H,7,9H2. The molecule has 0 aromatic heterocycles. The first-order chi connectivity index (χ1) is 9.56. The first-order valence-electron chi connectivity index (χ1n) is 6.05. The smallest absolute Gasteiger partial charge is 0.141 e. The lowest BCUT2D eigenvalue weighted by molar-refractivity contribution is 0.200. The molecule has 106 valence electrons. The van der Waals surface area contributed by atoms with Gasteiger partial charge in [0, 0.05) is 10.6 Å². The number of aliphatic hydroxyl groups is 1. The van der Waals surface area contributed by atoms with Gasteiger partial charge >= 0.3 is 0 Å². The van der Waals surface area contributed by atoms with Gasteiger partial charge in [-0.25, -0.2) is 8.78 Å². The molecule has 2 rings (SSSR count). The number of hydrogen-bond donors (Lipinski definition) is 1. The third kappa shape index (κ3) is 4.20. The number of halogens is 3. The van der Waals surface area contributed by atoms with Gasteiger partial charge in [-0.1, -0.05) is 29.8 Å². The van der Waals surface area contributed by atoms with E-state index in [4.69, 9.17) is 11.6 Å². The van der Waals surface area contributed by atoms with E-state index >= 15 is 0 Å². The van der Waals surface area contributed by atoms with Crippen LogP contribution in [-0.4, -0.2) is 17.0 Å². The van der Waals surface area contributed by atoms with Crippen molar-refractivity contribution in [3.05, 3.63) is 64.7 Å². The highest BCUT2D eigenvalue weighted by Gasteiger charge is 2.10. The largest absolute Gasteiger partial charge is 0.392 e. The van der Waals surface area contributed by atoms with Gasteiger partial charge in [-0.2, -0.15) is 0 Å². The molecular weight excluding hydrogens is 302 g/mol. The molecule has 0 bridgehead atoms. The van der Waals surface area contributed by atoms with E-state index < -0.39 is 11.9 Å². The fourth-order valence-electron chi connectivity index (χ4n) is 1.75. The van der Waals surface area contributed by atoms with Crippen molar-refractivity contribution in [3.8, 4) is 0 Å². The zero-order chi connectivity index (χ0) is 14.5. The lowest BCUT2D eigenvalue weighted by Crippen LogP contribution is -2.13. The highest BCUT2D eigenvalue weighted by Crippen LogP contribution is 2.23. The van der Waals surface area contributed by atoms with Gasteiger partial charge in [0.05, 0.1) is 11.1 Å². The molecule has 5 heteroatoms. The molecular formula is C15H13ClF2OS. The Labute approximate surface area is 125 Å². The third-order valence-corrected chi connectivity index (χ3v) is 4.21. The van der Waals surface area contributed by atoms with Crippen LogP contribution in [-0.2, 0) is 6.42 Å². The molecule has 0 saturated carbocycles. The van der Waals surface area contributed by atoms with Crippen LogP contribution in [0.3, 0.4) is 0 Å². The zero-order valence-electron chi connectivity index (χ0n) is 10.5. The van der Waals surface area contributed by atoms with Gasteiger partial charge in [-0.15, -0.1) is 11.8 Å². The van der Waals surface area contributed by atoms with Crippen LogP contribution < -0.4 is 0 Å². The summed E-state index contributed by atoms with van der Waals surface area (Å²) in [6.45, 7) is 0. The lowest BCUT2D eigenvalue weighted by Gasteiger charge is -2.11. The van der Waals surface area contributed by atoms with Crippen molar-refractivity contribution in [2.75, 3.05) is 5.75 Å². The Kier molecular flexibility index (Phi) is 5.40. The summed E-state index contributed by atoms with van der Waals surface area (Å²) in [4.78, 5) is 0.503. The van der Waals surface area contributed by atoms with Gasteiger partial charge in [-0.3, -0.25) is 0 Å². The van der Waals surface area contributed by atoms with Gasteiger partial charge in [0.15, 0.2) is 0 Å². The van der Waals surface area contributed by atoms with E-state index in [-0.39, 0.29) is 10.8 Å². The lowest BCUT2D eigenvalue weighted by atomic mass is 10.1. The number of rotatable bonds is 5. The Hall–Kier alpha value is -1.10. The molecule has 2 aromatic carbocycles. The molecule has 1 unspecified atom stereocenters. The quantitative estimate of drug-likeness (QED) is 0.830. The summed E-state index contributed by atoms with van der Waals surface area (Å²) < 4.78 is 26.4. The van der Waals surface area contributed by atoms with Crippen LogP contribution in [0.25, 0.3) is 0 Å². The Morgan fingerprint density at radius 2 is 1.85 bits per heavy atom. The number of hydrogen-bond acceptors (Lipinski definition) is 2. The summed E-state index contributed by atoms with van der Waals surface area (Å²) in [5.41, 5.74) is 0.748. The first-order valence-corrected chi connectivity index (χ1v) is 7.42. The predicted octanol–water partition coefficient (Wildman–Crippen LogP) is 4.31. The molecule has 0 aliphatic carbocycles. The second-order valence-corrected chi connectivity index (χ2v) is 5.82. The maximum absolute atomic E-state index is 13.4. The Morgan fingerprint density at radius 1 is 1.10 bits per heavy atom. The highest BCUT2D eigenvalue weighted by molar-refractivity contribution is 7.99. The number of aliphatic hydroxyl groups excluding tert-OH is 1. The fraction of sp³-hybridized carbons (Fsp3) is 0.200. The van der Waals surface area contributed by atoms with Crippen molar-refractivity contribution in [2.24, 2.45) is 0 Å². The molecule has 0 fully saturated rings. The average Bonchev–Trinajstić information content (AvgIpc) is 2.42. The molecule has 0 spiro atoms. The zero-order valence-corrected chi connectivity index (χ0v) is 12.1. The van der Waals surface area contributed by atoms with Gasteiger partial charge in [0.25, 0.3) is 0 Å². The minimum atomic E-state index is -0.652. The molecule has 0 amide bonds. The molecule has 1 atom stereocenters. The van der Waals surface area contributed by atoms with Crippen LogP contribution in [0.2, 0.25) is 5.02 Å². The molecule has 1 N–H and O–H groups in total. The number of thioether (sulfide) groups is 1. The molecule has 0 heterocycles. The van der Waals surface area contributed by atoms with Crippen LogP contribution in [0.4, 0.5) is 8.78 Å². The molecule has 20 heavy (non-hydrogen) atoms. The van der Waals surface area contributed by atoms with E-state index in [9.17, 15) is 13.9 Å². The van der Waals surface area contributed by atoms with Crippen LogP contribution >= 0.6 is 23.4 Å². The summed E-state index contributed by atoms with van der Waals surface area (Å²) in [5.74, 6) is -0.421. The second kappa shape index (κ2) is 7.07. The SMILES string of the molecule is OC(CSc1ccccc1F)Cc1ccc(F)c(Cl)c1. The second-order valence-electron chi connectivity index (χ2n) is 4.35. The maximum atomic E-state index is 13.4. The van der Waals surface area contributed by atoms with E-state index in [2.05, 4.69) is 0 Å². The maximum Gasteiger partial charge on any atom is 0.141 e. The van der Waals surface area contributed by atoms with Gasteiger partial charge in [-0.05, 0) is 36.2 Å². The van der Waals surface area contributed by atoms with Crippen molar-refractivity contribution in [1.29, 1.82) is 0 Å². The summed E-state index contributed by atoms with van der Waals surface area (Å²) in [5, 5.41) is 9.97. The van der Waals surface area contributed by atoms with Crippen molar-refractivity contribution in [1.82, 2.24) is 0 Å². The topological polar surface area (TPSA) is 20.2 Å². The van der Waals surface area contributed by atoms with E-state index in [1.807, 2.05) is 0 Å². The van der Waals surface area contributed by atoms with E-state index in [1.54, 1.807) is 24.3 Å². The molecule has 0 radical (unpaired) electrons. The molecule has 0 aliphatic heterocycles. The molecule has 0 saturated heterocycles. The minimum Gasteiger partial charge on any atom is -0.392 e. The van der Waals surface area contributed by atoms with Crippen LogP contribution in [0.1, 0.15) is 5.56 Å². The van der Waals surface area contributed by atoms with Gasteiger partial charge < -0.3 is 5.11 Å². The monoisotopic (exact) mass is 314 g/mol. The minimum absolute atomic E-state index is 0.0384. The van der Waals surface area contributed by atoms with Crippen molar-refractivity contribution >= 4 is 23.4 Å². The molecule has 2 aromatic rings. The van der Waals surface area contributed by atoms with Crippen molar-refractivity contribution in [3.63, 3.8) is 0 Å². The van der Waals surface area contributed by atoms with E-state index in [0.29, 0.717) is 17.1 Å². The van der Waals surface area contributed by atoms with Crippen LogP contribution in [0, 0.1) is 11.6 Å². The van der Waals surface area contributed by atoms with Crippen LogP contribution in [0.5, 0.6) is 0 Å². The first kappa shape index (κ1) is 15.3. The summed E-state index contributed by atoms with van der Waals surface area (Å²) in [6, 6.07) is 10.8. The van der Waals surface area contributed by atoms with Gasteiger partial charge in [0.1, 0.15) is 11.6 Å². The fourth-order valence-corrected chi connectivity index (χ4v) is 2.82. The molecule has 0 aliphatic rings. The molecule has 1 nitrogen and oxygen atoms in total. The summed E-state index contributed by atoms with van der Waals surface area (Å²) in [7, 11) is 0. The van der Waals surface area contributed by atoms with Crippen LogP contribution in [0.15, 0.2) is 47.4 Å². The van der Waals surface area contributed by atoms with E-state index in [0.717, 1.165) is 5.56 Å². The Balaban J connectivity index is 1.91. The number of benzene rings is 2. The predicted molar refractivity (Wildman–Crippen MR) is 78.2 cm³/mol. The summed E-state index contributed by atoms with van der Waals surface area (Å²) in [6.07, 6.45) is -0.303. The Bertz CT molecular complexity index is 592. The highest BCUT2D eigenvalue weighted by atomic mass is 35.5.